The number of likely N-dealkylation sites (tertiary alicyclic amines) is 1. The van der Waals surface area contributed by atoms with Crippen molar-refractivity contribution in [2.75, 3.05) is 13.1 Å². The van der Waals surface area contributed by atoms with Crippen molar-refractivity contribution in [3.05, 3.63) is 96.3 Å². The van der Waals surface area contributed by atoms with E-state index < -0.39 is 41.6 Å². The van der Waals surface area contributed by atoms with Crippen LogP contribution < -0.4 is 20.7 Å². The molecule has 0 spiro atoms. The summed E-state index contributed by atoms with van der Waals surface area (Å²) in [7, 11) is 0. The molecule has 0 radical (unpaired) electrons. The van der Waals surface area contributed by atoms with Crippen LogP contribution in [0.15, 0.2) is 85.1 Å². The summed E-state index contributed by atoms with van der Waals surface area (Å²) >= 11 is 0. The number of ether oxygens (including phenoxy) is 1. The molecular weight excluding hydrogens is 594 g/mol. The SMILES string of the molecule is CC[C@H](C)[C@H](NC(=O)c1ccccn1)C(=O)N[C@@H](Cc1ccccc1)[C@H](O)CN1C[C@H](Oc2ccccc2)C[C@H]1C(=O)NC(C)(C)C. The van der Waals surface area contributed by atoms with Crippen LogP contribution in [0.3, 0.4) is 0 Å². The predicted octanol–water partition coefficient (Wildman–Crippen LogP) is 3.75. The number of aromatic nitrogens is 1. The molecule has 1 saturated heterocycles. The van der Waals surface area contributed by atoms with E-state index in [4.69, 9.17) is 4.74 Å². The van der Waals surface area contributed by atoms with Crippen molar-refractivity contribution < 1.29 is 24.2 Å². The van der Waals surface area contributed by atoms with Gasteiger partial charge in [-0.25, -0.2) is 0 Å². The van der Waals surface area contributed by atoms with E-state index in [-0.39, 0.29) is 30.2 Å². The van der Waals surface area contributed by atoms with Crippen molar-refractivity contribution in [1.82, 2.24) is 25.8 Å². The summed E-state index contributed by atoms with van der Waals surface area (Å²) in [5.74, 6) is -0.440. The molecule has 3 amide bonds. The smallest absolute Gasteiger partial charge is 0.270 e. The molecule has 1 fully saturated rings. The third kappa shape index (κ3) is 10.6. The number of hydrogen-bond acceptors (Lipinski definition) is 7. The lowest BCUT2D eigenvalue weighted by molar-refractivity contribution is -0.128. The number of carbonyl (C=O) groups is 3. The van der Waals surface area contributed by atoms with Gasteiger partial charge in [-0.15, -0.1) is 0 Å². The maximum Gasteiger partial charge on any atom is 0.270 e. The second-order valence-corrected chi connectivity index (χ2v) is 13.4. The highest BCUT2D eigenvalue weighted by Crippen LogP contribution is 2.25. The van der Waals surface area contributed by atoms with Crippen LogP contribution in [-0.4, -0.2) is 81.7 Å². The molecule has 6 atom stereocenters. The molecule has 3 aromatic rings. The van der Waals surface area contributed by atoms with Crippen LogP contribution in [0.1, 0.15) is 63.5 Å². The van der Waals surface area contributed by atoms with E-state index in [1.807, 2.05) is 100 Å². The van der Waals surface area contributed by atoms with Gasteiger partial charge in [-0.05, 0) is 62.9 Å². The number of aliphatic hydroxyl groups excluding tert-OH is 1. The van der Waals surface area contributed by atoms with Crippen molar-refractivity contribution >= 4 is 17.7 Å². The molecule has 0 unspecified atom stereocenters. The van der Waals surface area contributed by atoms with Crippen LogP contribution in [0, 0.1) is 5.92 Å². The summed E-state index contributed by atoms with van der Waals surface area (Å²) in [5, 5.41) is 20.8. The fourth-order valence-corrected chi connectivity index (χ4v) is 5.77. The van der Waals surface area contributed by atoms with Gasteiger partial charge in [-0.2, -0.15) is 0 Å². The van der Waals surface area contributed by atoms with Crippen molar-refractivity contribution in [1.29, 1.82) is 0 Å². The average Bonchev–Trinajstić information content (AvgIpc) is 3.45. The third-order valence-electron chi connectivity index (χ3n) is 8.40. The minimum Gasteiger partial charge on any atom is -0.489 e. The number of nitrogens with zero attached hydrogens (tertiary/aromatic N) is 2. The van der Waals surface area contributed by atoms with Crippen molar-refractivity contribution in [3.63, 3.8) is 0 Å². The normalized spacial score (nSPS) is 19.2. The van der Waals surface area contributed by atoms with Gasteiger partial charge in [0.15, 0.2) is 0 Å². The van der Waals surface area contributed by atoms with Gasteiger partial charge < -0.3 is 25.8 Å². The number of β-amino-alcohol motifs (C(OH)–C–C–N with tert-alkyl or cyclic N) is 1. The van der Waals surface area contributed by atoms with Gasteiger partial charge in [-0.1, -0.05) is 74.9 Å². The van der Waals surface area contributed by atoms with E-state index in [1.165, 1.54) is 6.20 Å². The highest BCUT2D eigenvalue weighted by Gasteiger charge is 2.41. The lowest BCUT2D eigenvalue weighted by Gasteiger charge is -2.33. The number of hydrogen-bond donors (Lipinski definition) is 4. The van der Waals surface area contributed by atoms with E-state index in [1.54, 1.807) is 18.2 Å². The van der Waals surface area contributed by atoms with Gasteiger partial charge in [0.2, 0.25) is 11.8 Å². The van der Waals surface area contributed by atoms with Crippen LogP contribution >= 0.6 is 0 Å². The number of carbonyl (C=O) groups excluding carboxylic acids is 3. The lowest BCUT2D eigenvalue weighted by Crippen LogP contribution is -2.58. The van der Waals surface area contributed by atoms with E-state index in [0.717, 1.165) is 5.56 Å². The molecule has 2 aromatic carbocycles. The first-order chi connectivity index (χ1) is 22.4. The Morgan fingerprint density at radius 1 is 0.979 bits per heavy atom. The Kier molecular flexibility index (Phi) is 12.5. The largest absolute Gasteiger partial charge is 0.489 e. The zero-order valence-corrected chi connectivity index (χ0v) is 28.1. The van der Waals surface area contributed by atoms with E-state index >= 15 is 0 Å². The Hall–Kier alpha value is -4.28. The van der Waals surface area contributed by atoms with Gasteiger partial charge in [-0.3, -0.25) is 24.3 Å². The van der Waals surface area contributed by atoms with Crippen molar-refractivity contribution in [2.45, 2.75) is 89.8 Å². The van der Waals surface area contributed by atoms with E-state index in [2.05, 4.69) is 20.9 Å². The van der Waals surface area contributed by atoms with Gasteiger partial charge in [0.05, 0.1) is 18.2 Å². The average molecular weight is 644 g/mol. The number of pyridine rings is 1. The topological polar surface area (TPSA) is 133 Å². The standard InChI is InChI=1S/C37H49N5O5/c1-6-25(2)33(40-34(44)29-19-13-14-20-38-29)36(46)39-30(21-26-15-9-7-10-16-26)32(43)24-42-23-28(47-27-17-11-8-12-18-27)22-31(42)35(45)41-37(3,4)5/h7-20,25,28,30-33,43H,6,21-24H2,1-5H3,(H,39,46)(H,40,44)(H,41,45)/t25-,28+,30-,31-,32+,33-/m0/s1. The first-order valence-electron chi connectivity index (χ1n) is 16.5. The van der Waals surface area contributed by atoms with Gasteiger partial charge in [0.1, 0.15) is 23.6 Å². The molecule has 10 heteroatoms. The summed E-state index contributed by atoms with van der Waals surface area (Å²) in [4.78, 5) is 46.5. The molecular formula is C37H49N5O5. The highest BCUT2D eigenvalue weighted by atomic mass is 16.5. The number of benzene rings is 2. The second kappa shape index (κ2) is 16.5. The Morgan fingerprint density at radius 2 is 1.64 bits per heavy atom. The maximum absolute atomic E-state index is 13.9. The Balaban J connectivity index is 1.55. The van der Waals surface area contributed by atoms with Crippen LogP contribution in [0.2, 0.25) is 0 Å². The summed E-state index contributed by atoms with van der Waals surface area (Å²) in [5.41, 5.74) is 0.715. The lowest BCUT2D eigenvalue weighted by atomic mass is 9.95. The van der Waals surface area contributed by atoms with Gasteiger partial charge >= 0.3 is 0 Å². The predicted molar refractivity (Wildman–Crippen MR) is 182 cm³/mol. The summed E-state index contributed by atoms with van der Waals surface area (Å²) in [6, 6.07) is 22.1. The van der Waals surface area contributed by atoms with Crippen LogP contribution in [0.4, 0.5) is 0 Å². The minimum absolute atomic E-state index is 0.128. The minimum atomic E-state index is -1.04. The maximum atomic E-state index is 13.9. The molecule has 10 nitrogen and oxygen atoms in total. The zero-order chi connectivity index (χ0) is 34.0. The molecule has 252 valence electrons. The van der Waals surface area contributed by atoms with Crippen LogP contribution in [0.25, 0.3) is 0 Å². The highest BCUT2D eigenvalue weighted by molar-refractivity contribution is 5.96. The van der Waals surface area contributed by atoms with Crippen molar-refractivity contribution in [2.24, 2.45) is 5.92 Å². The number of amides is 3. The summed E-state index contributed by atoms with van der Waals surface area (Å²) < 4.78 is 6.24. The van der Waals surface area contributed by atoms with Gasteiger partial charge in [0, 0.05) is 31.2 Å². The first-order valence-corrected chi connectivity index (χ1v) is 16.5. The number of rotatable bonds is 14. The quantitative estimate of drug-likeness (QED) is 0.210. The fourth-order valence-electron chi connectivity index (χ4n) is 5.77. The van der Waals surface area contributed by atoms with E-state index in [9.17, 15) is 19.5 Å². The van der Waals surface area contributed by atoms with Crippen molar-refractivity contribution in [3.8, 4) is 5.75 Å². The Labute approximate surface area is 278 Å². The molecule has 47 heavy (non-hydrogen) atoms. The monoisotopic (exact) mass is 643 g/mol. The van der Waals surface area contributed by atoms with Crippen LogP contribution in [-0.2, 0) is 16.0 Å². The number of aliphatic hydroxyl groups is 1. The van der Waals surface area contributed by atoms with Gasteiger partial charge in [0.25, 0.3) is 5.91 Å². The third-order valence-corrected chi connectivity index (χ3v) is 8.40. The molecule has 0 saturated carbocycles. The Bertz CT molecular complexity index is 1430. The molecule has 2 heterocycles. The summed E-state index contributed by atoms with van der Waals surface area (Å²) in [6.45, 7) is 10.2. The molecule has 4 rings (SSSR count). The molecule has 1 aliphatic heterocycles. The molecule has 1 aliphatic rings. The fraction of sp³-hybridized carbons (Fsp3) is 0.459. The first kappa shape index (κ1) is 35.6. The molecule has 0 bridgehead atoms. The Morgan fingerprint density at radius 3 is 2.26 bits per heavy atom. The number of nitrogens with one attached hydrogen (secondary N) is 3. The summed E-state index contributed by atoms with van der Waals surface area (Å²) in [6.07, 6.45) is 1.68. The molecule has 1 aromatic heterocycles. The number of para-hydroxylation sites is 1. The second-order valence-electron chi connectivity index (χ2n) is 13.4. The van der Waals surface area contributed by atoms with Crippen LogP contribution in [0.5, 0.6) is 5.75 Å². The molecule has 0 aliphatic carbocycles. The zero-order valence-electron chi connectivity index (χ0n) is 28.1. The van der Waals surface area contributed by atoms with E-state index in [0.29, 0.717) is 31.6 Å². The molecule has 4 N–H and O–H groups in total.